The van der Waals surface area contributed by atoms with E-state index in [1.807, 2.05) is 0 Å². The smallest absolute Gasteiger partial charge is 0.381 e. The number of aromatic nitrogens is 4. The Kier molecular flexibility index (Phi) is 5.42. The maximum atomic E-state index is 13.0. The number of halogens is 6. The van der Waals surface area contributed by atoms with Crippen LogP contribution in [0.15, 0.2) is 47.2 Å². The van der Waals surface area contributed by atoms with Crippen LogP contribution in [0.3, 0.4) is 0 Å². The molecule has 13 heteroatoms. The number of hydrogen-bond donors (Lipinski definition) is 2. The second kappa shape index (κ2) is 7.66. The minimum atomic E-state index is -4.92. The molecule has 0 aliphatic rings. The van der Waals surface area contributed by atoms with Crippen LogP contribution in [0.4, 0.5) is 32.3 Å². The monoisotopic (exact) mass is 419 g/mol. The molecule has 0 amide bonds. The van der Waals surface area contributed by atoms with Gasteiger partial charge in [0.25, 0.3) is 0 Å². The SMILES string of the molecule is OC(C(Nc1ncc(-c2noc(C(F)(F)F)n2)cn1)c1ccccc1)C(F)(F)F. The molecule has 0 bridgehead atoms. The third-order valence-electron chi connectivity index (χ3n) is 3.67. The average molecular weight is 419 g/mol. The van der Waals surface area contributed by atoms with Crippen LogP contribution in [0.2, 0.25) is 0 Å². The first-order valence-electron chi connectivity index (χ1n) is 7.85. The summed E-state index contributed by atoms with van der Waals surface area (Å²) in [6.45, 7) is 0. The molecule has 0 aliphatic carbocycles. The standard InChI is InChI=1S/C16H11F6N5O2/c17-15(18,19)11(28)10(8-4-2-1-3-5-8)25-14-23-6-9(7-24-14)12-26-13(29-27-12)16(20,21)22/h1-7,10-11,28H,(H,23,24,25). The first kappa shape index (κ1) is 20.5. The summed E-state index contributed by atoms with van der Waals surface area (Å²) < 4.78 is 80.7. The molecule has 0 fully saturated rings. The Morgan fingerprint density at radius 2 is 1.59 bits per heavy atom. The number of anilines is 1. The molecule has 7 nitrogen and oxygen atoms in total. The van der Waals surface area contributed by atoms with E-state index in [4.69, 9.17) is 0 Å². The van der Waals surface area contributed by atoms with Crippen LogP contribution in [0.5, 0.6) is 0 Å². The number of nitrogens with one attached hydrogen (secondary N) is 1. The van der Waals surface area contributed by atoms with E-state index >= 15 is 0 Å². The van der Waals surface area contributed by atoms with Gasteiger partial charge in [0.2, 0.25) is 11.8 Å². The summed E-state index contributed by atoms with van der Waals surface area (Å²) in [5, 5.41) is 15.2. The molecule has 1 aromatic carbocycles. The van der Waals surface area contributed by atoms with Gasteiger partial charge in [0.15, 0.2) is 6.10 Å². The number of aliphatic hydroxyl groups excluding tert-OH is 1. The zero-order chi connectivity index (χ0) is 21.2. The van der Waals surface area contributed by atoms with E-state index in [-0.39, 0.29) is 17.1 Å². The van der Waals surface area contributed by atoms with Gasteiger partial charge in [-0.15, -0.1) is 0 Å². The fourth-order valence-corrected chi connectivity index (χ4v) is 2.31. The molecule has 0 spiro atoms. The molecule has 2 aromatic heterocycles. The highest BCUT2D eigenvalue weighted by molar-refractivity contribution is 5.52. The number of benzene rings is 1. The lowest BCUT2D eigenvalue weighted by molar-refractivity contribution is -0.208. The molecule has 0 saturated carbocycles. The Bertz CT molecular complexity index is 943. The van der Waals surface area contributed by atoms with E-state index < -0.39 is 36.2 Å². The molecular formula is C16H11F6N5O2. The van der Waals surface area contributed by atoms with Crippen molar-refractivity contribution in [3.63, 3.8) is 0 Å². The normalized spacial score (nSPS) is 14.4. The summed E-state index contributed by atoms with van der Waals surface area (Å²) >= 11 is 0. The topological polar surface area (TPSA) is 97.0 Å². The zero-order valence-electron chi connectivity index (χ0n) is 14.1. The fraction of sp³-hybridized carbons (Fsp3) is 0.250. The van der Waals surface area contributed by atoms with Crippen LogP contribution in [0, 0.1) is 0 Å². The van der Waals surface area contributed by atoms with Crippen LogP contribution in [-0.2, 0) is 6.18 Å². The number of alkyl halides is 6. The van der Waals surface area contributed by atoms with Gasteiger partial charge in [-0.05, 0) is 5.56 Å². The van der Waals surface area contributed by atoms with Gasteiger partial charge in [0.1, 0.15) is 0 Å². The first-order valence-corrected chi connectivity index (χ1v) is 7.85. The third-order valence-corrected chi connectivity index (χ3v) is 3.67. The van der Waals surface area contributed by atoms with E-state index in [1.165, 1.54) is 24.3 Å². The van der Waals surface area contributed by atoms with Crippen molar-refractivity contribution < 1.29 is 36.0 Å². The number of aliphatic hydroxyl groups is 1. The molecule has 0 aliphatic heterocycles. The van der Waals surface area contributed by atoms with Gasteiger partial charge in [-0.25, -0.2) is 9.97 Å². The molecule has 2 unspecified atom stereocenters. The maximum Gasteiger partial charge on any atom is 0.471 e. The summed E-state index contributed by atoms with van der Waals surface area (Å²) in [5.74, 6) is -2.31. The predicted molar refractivity (Wildman–Crippen MR) is 85.2 cm³/mol. The van der Waals surface area contributed by atoms with E-state index in [2.05, 4.69) is 29.9 Å². The van der Waals surface area contributed by atoms with Crippen LogP contribution in [0.25, 0.3) is 11.4 Å². The highest BCUT2D eigenvalue weighted by Gasteiger charge is 2.44. The first-order chi connectivity index (χ1) is 13.6. The third kappa shape index (κ3) is 4.80. The highest BCUT2D eigenvalue weighted by atomic mass is 19.4. The van der Waals surface area contributed by atoms with Crippen LogP contribution >= 0.6 is 0 Å². The van der Waals surface area contributed by atoms with Crippen molar-refractivity contribution in [3.8, 4) is 11.4 Å². The molecule has 154 valence electrons. The molecule has 3 aromatic rings. The van der Waals surface area contributed by atoms with Crippen molar-refractivity contribution in [2.45, 2.75) is 24.5 Å². The summed E-state index contributed by atoms with van der Waals surface area (Å²) in [5.41, 5.74) is 0.0698. The minimum Gasteiger partial charge on any atom is -0.381 e. The van der Waals surface area contributed by atoms with E-state index in [0.29, 0.717) is 0 Å². The Labute approximate surface area is 158 Å². The average Bonchev–Trinajstić information content (AvgIpc) is 3.17. The summed E-state index contributed by atoms with van der Waals surface area (Å²) in [7, 11) is 0. The van der Waals surface area contributed by atoms with Gasteiger partial charge in [-0.2, -0.15) is 31.3 Å². The molecule has 29 heavy (non-hydrogen) atoms. The van der Waals surface area contributed by atoms with Crippen molar-refractivity contribution in [2.24, 2.45) is 0 Å². The lowest BCUT2D eigenvalue weighted by atomic mass is 10.0. The number of hydrogen-bond acceptors (Lipinski definition) is 7. The molecule has 2 atom stereocenters. The quantitative estimate of drug-likeness (QED) is 0.610. The van der Waals surface area contributed by atoms with Gasteiger partial charge >= 0.3 is 18.2 Å². The second-order valence-electron chi connectivity index (χ2n) is 5.74. The van der Waals surface area contributed by atoms with Gasteiger partial charge in [0.05, 0.1) is 11.6 Å². The number of rotatable bonds is 5. The summed E-state index contributed by atoms with van der Waals surface area (Å²) in [6, 6.07) is 5.70. The molecule has 3 rings (SSSR count). The zero-order valence-corrected chi connectivity index (χ0v) is 14.1. The minimum absolute atomic E-state index is 0.0533. The number of nitrogens with zero attached hydrogens (tertiary/aromatic N) is 4. The molecule has 2 heterocycles. The Morgan fingerprint density at radius 3 is 2.10 bits per heavy atom. The predicted octanol–water partition coefficient (Wildman–Crippen LogP) is 3.62. The van der Waals surface area contributed by atoms with Crippen molar-refractivity contribution in [1.29, 1.82) is 0 Å². The lowest BCUT2D eigenvalue weighted by Crippen LogP contribution is -2.38. The van der Waals surface area contributed by atoms with Gasteiger partial charge in [-0.1, -0.05) is 35.5 Å². The highest BCUT2D eigenvalue weighted by Crippen LogP contribution is 2.32. The van der Waals surface area contributed by atoms with Crippen molar-refractivity contribution >= 4 is 5.95 Å². The second-order valence-corrected chi connectivity index (χ2v) is 5.74. The van der Waals surface area contributed by atoms with Crippen molar-refractivity contribution in [1.82, 2.24) is 20.1 Å². The summed E-state index contributed by atoms with van der Waals surface area (Å²) in [4.78, 5) is 10.7. The van der Waals surface area contributed by atoms with Gasteiger partial charge in [0, 0.05) is 12.4 Å². The van der Waals surface area contributed by atoms with Crippen molar-refractivity contribution in [2.75, 3.05) is 5.32 Å². The molecular weight excluding hydrogens is 408 g/mol. The molecule has 0 saturated heterocycles. The van der Waals surface area contributed by atoms with Gasteiger partial charge < -0.3 is 14.9 Å². The van der Waals surface area contributed by atoms with Crippen LogP contribution < -0.4 is 5.32 Å². The summed E-state index contributed by atoms with van der Waals surface area (Å²) in [6.07, 6.45) is -10.5. The Hall–Kier alpha value is -3.22. The van der Waals surface area contributed by atoms with Crippen LogP contribution in [-0.4, -0.2) is 37.5 Å². The fourth-order valence-electron chi connectivity index (χ4n) is 2.31. The van der Waals surface area contributed by atoms with E-state index in [0.717, 1.165) is 12.4 Å². The maximum absolute atomic E-state index is 13.0. The Morgan fingerprint density at radius 1 is 0.966 bits per heavy atom. The van der Waals surface area contributed by atoms with Crippen LogP contribution in [0.1, 0.15) is 17.5 Å². The van der Waals surface area contributed by atoms with Crippen molar-refractivity contribution in [3.05, 3.63) is 54.2 Å². The lowest BCUT2D eigenvalue weighted by Gasteiger charge is -2.26. The van der Waals surface area contributed by atoms with E-state index in [9.17, 15) is 31.4 Å². The molecule has 2 N–H and O–H groups in total. The Balaban J connectivity index is 1.83. The largest absolute Gasteiger partial charge is 0.471 e. The van der Waals surface area contributed by atoms with Gasteiger partial charge in [-0.3, -0.25) is 0 Å². The van der Waals surface area contributed by atoms with E-state index in [1.54, 1.807) is 6.07 Å². The molecule has 0 radical (unpaired) electrons.